The molecule has 1 aliphatic heterocycles. The second-order valence-corrected chi connectivity index (χ2v) is 4.40. The molecule has 0 radical (unpaired) electrons. The Morgan fingerprint density at radius 2 is 2.06 bits per heavy atom. The van der Waals surface area contributed by atoms with Gasteiger partial charge in [-0.1, -0.05) is 12.1 Å². The van der Waals surface area contributed by atoms with E-state index < -0.39 is 0 Å². The highest BCUT2D eigenvalue weighted by atomic mass is 16.5. The highest BCUT2D eigenvalue weighted by Crippen LogP contribution is 2.31. The van der Waals surface area contributed by atoms with Crippen LogP contribution in [0.15, 0.2) is 24.3 Å². The number of fused-ring (bicyclic) bond motifs is 1. The molecule has 0 saturated heterocycles. The lowest BCUT2D eigenvalue weighted by Crippen LogP contribution is -2.31. The average Bonchev–Trinajstić information content (AvgIpc) is 2.54. The van der Waals surface area contributed by atoms with Crippen molar-refractivity contribution in [1.29, 1.82) is 0 Å². The molecular weight excluding hydrogens is 230 g/mol. The number of benzene rings is 1. The minimum absolute atomic E-state index is 0.115. The quantitative estimate of drug-likeness (QED) is 0.812. The molecule has 0 saturated carbocycles. The van der Waals surface area contributed by atoms with E-state index in [1.54, 1.807) is 4.90 Å². The van der Waals surface area contributed by atoms with E-state index in [0.29, 0.717) is 19.6 Å². The zero-order valence-electron chi connectivity index (χ0n) is 10.5. The zero-order valence-corrected chi connectivity index (χ0v) is 10.5. The third kappa shape index (κ3) is 3.01. The van der Waals surface area contributed by atoms with Crippen LogP contribution in [0.25, 0.3) is 0 Å². The van der Waals surface area contributed by atoms with Crippen LogP contribution in [-0.4, -0.2) is 30.8 Å². The number of carbonyl (C=O) groups excluding carboxylic acids is 1. The molecule has 1 aromatic rings. The van der Waals surface area contributed by atoms with Crippen LogP contribution >= 0.6 is 0 Å². The van der Waals surface area contributed by atoms with Crippen molar-refractivity contribution < 1.29 is 14.6 Å². The van der Waals surface area contributed by atoms with Gasteiger partial charge in [-0.25, -0.2) is 0 Å². The van der Waals surface area contributed by atoms with Crippen molar-refractivity contribution in [3.63, 3.8) is 0 Å². The van der Waals surface area contributed by atoms with Crippen molar-refractivity contribution in [2.24, 2.45) is 0 Å². The van der Waals surface area contributed by atoms with Crippen LogP contribution < -0.4 is 9.64 Å². The second-order valence-electron chi connectivity index (χ2n) is 4.40. The lowest BCUT2D eigenvalue weighted by molar-refractivity contribution is -0.118. The van der Waals surface area contributed by atoms with Crippen LogP contribution in [0.2, 0.25) is 0 Å². The Morgan fingerprint density at radius 3 is 2.89 bits per heavy atom. The molecule has 98 valence electrons. The summed E-state index contributed by atoms with van der Waals surface area (Å²) < 4.78 is 5.57. The topological polar surface area (TPSA) is 49.8 Å². The van der Waals surface area contributed by atoms with Crippen molar-refractivity contribution in [1.82, 2.24) is 0 Å². The van der Waals surface area contributed by atoms with Crippen molar-refractivity contribution in [3.8, 4) is 5.75 Å². The maximum atomic E-state index is 12.0. The number of anilines is 1. The lowest BCUT2D eigenvalue weighted by Gasteiger charge is -2.21. The first-order valence-electron chi connectivity index (χ1n) is 6.46. The molecular formula is C14H19NO3. The first-order valence-corrected chi connectivity index (χ1v) is 6.46. The molecule has 0 fully saturated rings. The van der Waals surface area contributed by atoms with Gasteiger partial charge in [0.05, 0.1) is 18.7 Å². The van der Waals surface area contributed by atoms with Crippen LogP contribution in [0.3, 0.4) is 0 Å². The Bertz CT molecular complexity index is 406. The average molecular weight is 249 g/mol. The third-order valence-corrected chi connectivity index (χ3v) is 3.07. The van der Waals surface area contributed by atoms with Gasteiger partial charge >= 0.3 is 0 Å². The van der Waals surface area contributed by atoms with Gasteiger partial charge in [0.1, 0.15) is 5.75 Å². The largest absolute Gasteiger partial charge is 0.491 e. The van der Waals surface area contributed by atoms with Gasteiger partial charge in [0.15, 0.2) is 0 Å². The van der Waals surface area contributed by atoms with Crippen molar-refractivity contribution >= 4 is 11.6 Å². The summed E-state index contributed by atoms with van der Waals surface area (Å²) in [5.41, 5.74) is 0.865. The fourth-order valence-corrected chi connectivity index (χ4v) is 2.12. The predicted octanol–water partition coefficient (Wildman–Crippen LogP) is 1.96. The summed E-state index contributed by atoms with van der Waals surface area (Å²) in [6.07, 6.45) is 3.05. The Hall–Kier alpha value is -1.55. The molecule has 4 nitrogen and oxygen atoms in total. The van der Waals surface area contributed by atoms with Gasteiger partial charge in [0.25, 0.3) is 0 Å². The standard InChI is InChI=1S/C14H19NO3/c16-10-5-1-4-9-15-12-6-2-3-7-13(12)18-11-8-14(15)17/h2-3,6-7,16H,1,4-5,8-11H2. The minimum Gasteiger partial charge on any atom is -0.491 e. The zero-order chi connectivity index (χ0) is 12.8. The van der Waals surface area contributed by atoms with Crippen molar-refractivity contribution in [2.45, 2.75) is 25.7 Å². The normalized spacial score (nSPS) is 14.9. The highest BCUT2D eigenvalue weighted by Gasteiger charge is 2.22. The number of hydrogen-bond acceptors (Lipinski definition) is 3. The Labute approximate surface area is 107 Å². The maximum Gasteiger partial charge on any atom is 0.230 e. The van der Waals surface area contributed by atoms with Crippen LogP contribution in [-0.2, 0) is 4.79 Å². The molecule has 4 heteroatoms. The van der Waals surface area contributed by atoms with E-state index in [1.807, 2.05) is 24.3 Å². The van der Waals surface area contributed by atoms with Gasteiger partial charge in [-0.15, -0.1) is 0 Å². The number of ether oxygens (including phenoxy) is 1. The van der Waals surface area contributed by atoms with Gasteiger partial charge in [0.2, 0.25) is 5.91 Å². The molecule has 18 heavy (non-hydrogen) atoms. The summed E-state index contributed by atoms with van der Waals surface area (Å²) >= 11 is 0. The molecule has 1 N–H and O–H groups in total. The fraction of sp³-hybridized carbons (Fsp3) is 0.500. The lowest BCUT2D eigenvalue weighted by atomic mass is 10.2. The number of amides is 1. The summed E-state index contributed by atoms with van der Waals surface area (Å²) in [7, 11) is 0. The maximum absolute atomic E-state index is 12.0. The number of aliphatic hydroxyl groups excluding tert-OH is 1. The van der Waals surface area contributed by atoms with Crippen LogP contribution in [0.4, 0.5) is 5.69 Å². The van der Waals surface area contributed by atoms with Gasteiger partial charge < -0.3 is 14.7 Å². The molecule has 0 unspecified atom stereocenters. The van der Waals surface area contributed by atoms with E-state index in [2.05, 4.69) is 0 Å². The van der Waals surface area contributed by atoms with E-state index in [1.165, 1.54) is 0 Å². The predicted molar refractivity (Wildman–Crippen MR) is 69.8 cm³/mol. The molecule has 0 atom stereocenters. The van der Waals surface area contributed by atoms with E-state index in [0.717, 1.165) is 30.7 Å². The molecule has 0 aliphatic carbocycles. The van der Waals surface area contributed by atoms with Crippen LogP contribution in [0.5, 0.6) is 5.75 Å². The number of unbranched alkanes of at least 4 members (excludes halogenated alkanes) is 2. The number of aliphatic hydroxyl groups is 1. The summed E-state index contributed by atoms with van der Waals surface area (Å²) in [5.74, 6) is 0.898. The fourth-order valence-electron chi connectivity index (χ4n) is 2.12. The molecule has 1 aliphatic rings. The van der Waals surface area contributed by atoms with Gasteiger partial charge in [0, 0.05) is 13.2 Å². The Kier molecular flexibility index (Phi) is 4.59. The first kappa shape index (κ1) is 12.9. The van der Waals surface area contributed by atoms with E-state index in [4.69, 9.17) is 9.84 Å². The number of nitrogens with zero attached hydrogens (tertiary/aromatic N) is 1. The van der Waals surface area contributed by atoms with Gasteiger partial charge in [-0.05, 0) is 31.4 Å². The molecule has 2 rings (SSSR count). The van der Waals surface area contributed by atoms with Crippen molar-refractivity contribution in [3.05, 3.63) is 24.3 Å². The Balaban J connectivity index is 2.08. The molecule has 0 bridgehead atoms. The SMILES string of the molecule is O=C1CCOc2ccccc2N1CCCCCO. The van der Waals surface area contributed by atoms with E-state index in [9.17, 15) is 4.79 Å². The van der Waals surface area contributed by atoms with Crippen LogP contribution in [0.1, 0.15) is 25.7 Å². The highest BCUT2D eigenvalue weighted by molar-refractivity contribution is 5.95. The van der Waals surface area contributed by atoms with E-state index in [-0.39, 0.29) is 12.5 Å². The smallest absolute Gasteiger partial charge is 0.230 e. The van der Waals surface area contributed by atoms with Crippen molar-refractivity contribution in [2.75, 3.05) is 24.7 Å². The van der Waals surface area contributed by atoms with E-state index >= 15 is 0 Å². The number of rotatable bonds is 5. The first-order chi connectivity index (χ1) is 8.83. The van der Waals surface area contributed by atoms with Gasteiger partial charge in [-0.2, -0.15) is 0 Å². The monoisotopic (exact) mass is 249 g/mol. The molecule has 1 aromatic carbocycles. The third-order valence-electron chi connectivity index (χ3n) is 3.07. The molecule has 1 heterocycles. The van der Waals surface area contributed by atoms with Gasteiger partial charge in [-0.3, -0.25) is 4.79 Å². The number of hydrogen-bond donors (Lipinski definition) is 1. The summed E-state index contributed by atoms with van der Waals surface area (Å²) in [4.78, 5) is 13.8. The number of para-hydroxylation sites is 2. The summed E-state index contributed by atoms with van der Waals surface area (Å²) in [6.45, 7) is 1.36. The molecule has 0 aromatic heterocycles. The molecule has 0 spiro atoms. The summed E-state index contributed by atoms with van der Waals surface area (Å²) in [6, 6.07) is 7.65. The van der Waals surface area contributed by atoms with Crippen LogP contribution in [0, 0.1) is 0 Å². The Morgan fingerprint density at radius 1 is 1.22 bits per heavy atom. The second kappa shape index (κ2) is 6.40. The number of carbonyl (C=O) groups is 1. The summed E-state index contributed by atoms with van der Waals surface area (Å²) in [5, 5.41) is 8.76. The minimum atomic E-state index is 0.115. The molecule has 1 amide bonds.